The Morgan fingerprint density at radius 2 is 1.98 bits per heavy atom. The standard InChI is InChI=1S/C33H40FN7O3/c1-18(24-13-20(34)17-41(24)4)42-26-14-27(43-25-16-37-32(25,2)3)39-31(38-26)29-21-8-6-12-33(30(21)44-40-29)11-5-7-19-9-10-23(36)22(15-35)28(19)33/h9-10,14,18,20,24-25,37H,5-8,11-13,16-17,36H2,1-4H3/t18-,20+,24-,25+,33+/m0/s1. The van der Waals surface area contributed by atoms with Gasteiger partial charge in [-0.1, -0.05) is 11.2 Å². The Morgan fingerprint density at radius 1 is 1.20 bits per heavy atom. The summed E-state index contributed by atoms with van der Waals surface area (Å²) in [5, 5.41) is 18.1. The van der Waals surface area contributed by atoms with E-state index in [-0.39, 0.29) is 23.8 Å². The summed E-state index contributed by atoms with van der Waals surface area (Å²) in [6.07, 6.45) is 4.39. The first kappa shape index (κ1) is 29.0. The van der Waals surface area contributed by atoms with E-state index < -0.39 is 11.6 Å². The van der Waals surface area contributed by atoms with Gasteiger partial charge in [-0.25, -0.2) is 4.39 Å². The maximum Gasteiger partial charge on any atom is 0.221 e. The van der Waals surface area contributed by atoms with Crippen molar-refractivity contribution in [3.63, 3.8) is 0 Å². The summed E-state index contributed by atoms with van der Waals surface area (Å²) in [5.41, 5.74) is 10.3. The Morgan fingerprint density at radius 3 is 2.66 bits per heavy atom. The molecular weight excluding hydrogens is 561 g/mol. The van der Waals surface area contributed by atoms with Crippen LogP contribution in [0, 0.1) is 11.3 Å². The molecule has 2 fully saturated rings. The smallest absolute Gasteiger partial charge is 0.221 e. The molecule has 0 radical (unpaired) electrons. The summed E-state index contributed by atoms with van der Waals surface area (Å²) in [5.74, 6) is 1.88. The molecule has 0 amide bonds. The number of nitriles is 1. The monoisotopic (exact) mass is 601 g/mol. The molecule has 7 rings (SSSR count). The lowest BCUT2D eigenvalue weighted by molar-refractivity contribution is 0.0261. The summed E-state index contributed by atoms with van der Waals surface area (Å²) in [4.78, 5) is 11.6. The Bertz CT molecular complexity index is 1630. The van der Waals surface area contributed by atoms with Gasteiger partial charge < -0.3 is 25.0 Å². The molecular formula is C33H40FN7O3. The van der Waals surface area contributed by atoms with Gasteiger partial charge in [0.15, 0.2) is 17.3 Å². The summed E-state index contributed by atoms with van der Waals surface area (Å²) < 4.78 is 33.1. The minimum absolute atomic E-state index is 0.0737. The van der Waals surface area contributed by atoms with E-state index in [1.54, 1.807) is 6.07 Å². The maximum atomic E-state index is 14.2. The number of anilines is 1. The highest BCUT2D eigenvalue weighted by molar-refractivity contribution is 5.67. The fourth-order valence-electron chi connectivity index (χ4n) is 7.84. The van der Waals surface area contributed by atoms with E-state index in [0.717, 1.165) is 61.0 Å². The van der Waals surface area contributed by atoms with E-state index in [9.17, 15) is 9.65 Å². The molecule has 232 valence electrons. The second-order valence-corrected chi connectivity index (χ2v) is 13.5. The van der Waals surface area contributed by atoms with Gasteiger partial charge in [0, 0.05) is 30.4 Å². The Labute approximate surface area is 257 Å². The molecule has 2 aromatic heterocycles. The lowest BCUT2D eigenvalue weighted by Crippen LogP contribution is -2.67. The van der Waals surface area contributed by atoms with E-state index in [1.807, 2.05) is 24.9 Å². The van der Waals surface area contributed by atoms with E-state index in [2.05, 4.69) is 36.5 Å². The third-order valence-corrected chi connectivity index (χ3v) is 10.3. The zero-order valence-corrected chi connectivity index (χ0v) is 25.8. The number of nitrogen functional groups attached to an aromatic ring is 1. The summed E-state index contributed by atoms with van der Waals surface area (Å²) in [6, 6.07) is 7.91. The van der Waals surface area contributed by atoms with Crippen LogP contribution in [-0.2, 0) is 18.3 Å². The lowest BCUT2D eigenvalue weighted by Gasteiger charge is -2.44. The van der Waals surface area contributed by atoms with Gasteiger partial charge in [0.25, 0.3) is 0 Å². The highest BCUT2D eigenvalue weighted by atomic mass is 19.1. The van der Waals surface area contributed by atoms with E-state index >= 15 is 0 Å². The van der Waals surface area contributed by atoms with Crippen molar-refractivity contribution in [1.29, 1.82) is 5.26 Å². The third-order valence-electron chi connectivity index (χ3n) is 10.3. The van der Waals surface area contributed by atoms with Crippen molar-refractivity contribution in [2.45, 2.75) is 101 Å². The molecule has 5 atom stereocenters. The largest absolute Gasteiger partial charge is 0.473 e. The van der Waals surface area contributed by atoms with Crippen LogP contribution in [0.4, 0.5) is 10.1 Å². The molecule has 10 nitrogen and oxygen atoms in total. The predicted octanol–water partition coefficient (Wildman–Crippen LogP) is 4.48. The van der Waals surface area contributed by atoms with E-state index in [1.165, 1.54) is 0 Å². The molecule has 1 aromatic carbocycles. The fourth-order valence-corrected chi connectivity index (χ4v) is 7.84. The number of nitrogens with zero attached hydrogens (tertiary/aromatic N) is 5. The first-order valence-corrected chi connectivity index (χ1v) is 15.7. The number of rotatable bonds is 6. The molecule has 0 saturated carbocycles. The Hall–Kier alpha value is -3.75. The SMILES string of the molecule is C[C@H](Oc1cc(O[C@@H]2CNC2(C)C)nc(-c2noc3c2CCC[C@@]32CCCc3ccc(N)c(C#N)c32)n1)[C@@H]1C[C@@H](F)CN1C. The Kier molecular flexibility index (Phi) is 7.05. The number of nitrogens with two attached hydrogens (primary N) is 1. The number of likely N-dealkylation sites (tertiary alicyclic amines) is 1. The van der Waals surface area contributed by atoms with E-state index in [4.69, 9.17) is 29.7 Å². The van der Waals surface area contributed by atoms with Gasteiger partial charge in [0.2, 0.25) is 11.8 Å². The van der Waals surface area contributed by atoms with Crippen molar-refractivity contribution in [2.24, 2.45) is 0 Å². The predicted molar refractivity (Wildman–Crippen MR) is 162 cm³/mol. The van der Waals surface area contributed by atoms with Gasteiger partial charge >= 0.3 is 0 Å². The number of ether oxygens (including phenoxy) is 2. The lowest BCUT2D eigenvalue weighted by atomic mass is 9.61. The molecule has 0 unspecified atom stereocenters. The van der Waals surface area contributed by atoms with Crippen LogP contribution >= 0.6 is 0 Å². The van der Waals surface area contributed by atoms with Crippen LogP contribution in [0.15, 0.2) is 22.7 Å². The number of likely N-dealkylation sites (N-methyl/N-ethyl adjacent to an activating group) is 1. The molecule has 11 heteroatoms. The van der Waals surface area contributed by atoms with Crippen molar-refractivity contribution < 1.29 is 18.4 Å². The number of halogens is 1. The minimum atomic E-state index is -0.875. The molecule has 2 saturated heterocycles. The third kappa shape index (κ3) is 4.70. The number of aryl methyl sites for hydroxylation is 1. The zero-order valence-electron chi connectivity index (χ0n) is 25.8. The minimum Gasteiger partial charge on any atom is -0.473 e. The highest BCUT2D eigenvalue weighted by Gasteiger charge is 2.48. The highest BCUT2D eigenvalue weighted by Crippen LogP contribution is 2.53. The van der Waals surface area contributed by atoms with Crippen molar-refractivity contribution in [1.82, 2.24) is 25.3 Å². The van der Waals surface area contributed by atoms with Crippen molar-refractivity contribution in [3.8, 4) is 29.3 Å². The van der Waals surface area contributed by atoms with E-state index in [0.29, 0.717) is 54.0 Å². The molecule has 3 aromatic rings. The molecule has 4 aliphatic rings. The van der Waals surface area contributed by atoms with Crippen LogP contribution in [0.5, 0.6) is 11.8 Å². The van der Waals surface area contributed by atoms with Gasteiger partial charge in [0.05, 0.1) is 22.6 Å². The van der Waals surface area contributed by atoms with Gasteiger partial charge in [-0.05, 0) is 90.0 Å². The quantitative estimate of drug-likeness (QED) is 0.389. The zero-order chi connectivity index (χ0) is 30.8. The fraction of sp³-hybridized carbons (Fsp3) is 0.576. The Balaban J connectivity index is 1.29. The summed E-state index contributed by atoms with van der Waals surface area (Å²) in [7, 11) is 1.92. The number of fused-ring (bicyclic) bond motifs is 4. The van der Waals surface area contributed by atoms with Crippen molar-refractivity contribution >= 4 is 5.69 Å². The van der Waals surface area contributed by atoms with Crippen LogP contribution in [0.25, 0.3) is 11.5 Å². The van der Waals surface area contributed by atoms with Crippen LogP contribution in [-0.4, -0.2) is 70.1 Å². The van der Waals surface area contributed by atoms with Gasteiger partial charge in [-0.15, -0.1) is 0 Å². The summed E-state index contributed by atoms with van der Waals surface area (Å²) >= 11 is 0. The normalized spacial score (nSPS) is 28.0. The number of alkyl halides is 1. The molecule has 4 heterocycles. The topological polar surface area (TPSA) is 135 Å². The summed E-state index contributed by atoms with van der Waals surface area (Å²) in [6.45, 7) is 7.21. The second kappa shape index (κ2) is 10.7. The van der Waals surface area contributed by atoms with Gasteiger partial charge in [-0.3, -0.25) is 4.90 Å². The van der Waals surface area contributed by atoms with Crippen molar-refractivity contribution in [3.05, 3.63) is 46.2 Å². The van der Waals surface area contributed by atoms with Crippen LogP contribution < -0.4 is 20.5 Å². The number of hydrogen-bond donors (Lipinski definition) is 2. The number of benzene rings is 1. The number of aromatic nitrogens is 3. The molecule has 1 spiro atoms. The molecule has 3 N–H and O–H groups in total. The second-order valence-electron chi connectivity index (χ2n) is 13.5. The molecule has 2 aliphatic carbocycles. The molecule has 44 heavy (non-hydrogen) atoms. The first-order valence-electron chi connectivity index (χ1n) is 15.7. The first-order chi connectivity index (χ1) is 21.1. The maximum absolute atomic E-state index is 14.2. The molecule has 0 bridgehead atoms. The van der Waals surface area contributed by atoms with Gasteiger partial charge in [0.1, 0.15) is 24.4 Å². The van der Waals surface area contributed by atoms with Gasteiger partial charge in [-0.2, -0.15) is 15.2 Å². The average Bonchev–Trinajstić information content (AvgIpc) is 3.59. The number of hydrogen-bond acceptors (Lipinski definition) is 10. The van der Waals surface area contributed by atoms with Crippen LogP contribution in [0.3, 0.4) is 0 Å². The number of nitrogens with one attached hydrogen (secondary N) is 1. The average molecular weight is 602 g/mol. The van der Waals surface area contributed by atoms with Crippen LogP contribution in [0.1, 0.15) is 80.9 Å². The van der Waals surface area contributed by atoms with Crippen molar-refractivity contribution in [2.75, 3.05) is 25.9 Å². The molecule has 2 aliphatic heterocycles. The van der Waals surface area contributed by atoms with Crippen LogP contribution in [0.2, 0.25) is 0 Å².